The number of hydrogen-bond acceptors (Lipinski definition) is 5. The monoisotopic (exact) mass is 434 g/mol. The van der Waals surface area contributed by atoms with Gasteiger partial charge in [-0.05, 0) is 76.2 Å². The summed E-state index contributed by atoms with van der Waals surface area (Å²) >= 11 is 0. The van der Waals surface area contributed by atoms with E-state index in [9.17, 15) is 4.79 Å². The summed E-state index contributed by atoms with van der Waals surface area (Å²) in [6.45, 7) is 7.90. The Bertz CT molecular complexity index is 1050. The van der Waals surface area contributed by atoms with Crippen LogP contribution in [0.1, 0.15) is 42.5 Å². The second-order valence-corrected chi connectivity index (χ2v) is 7.89. The maximum atomic E-state index is 12.8. The third-order valence-corrected chi connectivity index (χ3v) is 4.78. The number of hydrogen-bond donors (Lipinski definition) is 1. The number of amides is 1. The van der Waals surface area contributed by atoms with Gasteiger partial charge in [-0.1, -0.05) is 6.07 Å². The van der Waals surface area contributed by atoms with Gasteiger partial charge in [0.1, 0.15) is 17.2 Å². The first-order chi connectivity index (χ1) is 15.3. The summed E-state index contributed by atoms with van der Waals surface area (Å²) in [6, 6.07) is 18.3. The van der Waals surface area contributed by atoms with Crippen LogP contribution in [0.15, 0.2) is 60.7 Å². The van der Waals surface area contributed by atoms with Gasteiger partial charge >= 0.3 is 0 Å². The zero-order valence-corrected chi connectivity index (χ0v) is 19.2. The quantitative estimate of drug-likeness (QED) is 0.461. The van der Waals surface area contributed by atoms with Crippen molar-refractivity contribution in [3.63, 3.8) is 0 Å². The van der Waals surface area contributed by atoms with E-state index in [1.54, 1.807) is 13.2 Å². The molecule has 1 N–H and O–H groups in total. The molecule has 6 nitrogen and oxygen atoms in total. The van der Waals surface area contributed by atoms with Crippen LogP contribution in [0.25, 0.3) is 0 Å². The SMILES string of the molecule is COc1ccc(Oc2cccc(NC(=O)c3ccc(CC(C)OC(C)C)nc3C)c2)cc1. The lowest BCUT2D eigenvalue weighted by molar-refractivity contribution is 0.0190. The molecule has 3 aromatic rings. The normalized spacial score (nSPS) is 11.8. The van der Waals surface area contributed by atoms with Crippen LogP contribution in [-0.4, -0.2) is 30.2 Å². The third kappa shape index (κ3) is 6.56. The maximum absolute atomic E-state index is 12.8. The Labute approximate surface area is 189 Å². The van der Waals surface area contributed by atoms with Crippen LogP contribution in [0.5, 0.6) is 17.2 Å². The predicted molar refractivity (Wildman–Crippen MR) is 126 cm³/mol. The van der Waals surface area contributed by atoms with Gasteiger partial charge < -0.3 is 19.5 Å². The Morgan fingerprint density at radius 3 is 2.34 bits per heavy atom. The van der Waals surface area contributed by atoms with E-state index in [1.807, 2.05) is 82.3 Å². The number of ether oxygens (including phenoxy) is 3. The lowest BCUT2D eigenvalue weighted by Crippen LogP contribution is -2.18. The topological polar surface area (TPSA) is 69.7 Å². The zero-order valence-electron chi connectivity index (χ0n) is 19.2. The Morgan fingerprint density at radius 2 is 1.69 bits per heavy atom. The molecule has 1 heterocycles. The van der Waals surface area contributed by atoms with Crippen LogP contribution in [0.2, 0.25) is 0 Å². The van der Waals surface area contributed by atoms with Gasteiger partial charge in [-0.3, -0.25) is 9.78 Å². The number of nitrogens with one attached hydrogen (secondary N) is 1. The number of nitrogens with zero attached hydrogens (tertiary/aromatic N) is 1. The van der Waals surface area contributed by atoms with Crippen molar-refractivity contribution in [2.75, 3.05) is 12.4 Å². The molecule has 0 aliphatic carbocycles. The van der Waals surface area contributed by atoms with E-state index in [0.29, 0.717) is 34.9 Å². The number of pyridine rings is 1. The van der Waals surface area contributed by atoms with Crippen molar-refractivity contribution in [3.05, 3.63) is 77.6 Å². The average Bonchev–Trinajstić information content (AvgIpc) is 2.74. The van der Waals surface area contributed by atoms with Crippen molar-refractivity contribution in [3.8, 4) is 17.2 Å². The van der Waals surface area contributed by atoms with Crippen molar-refractivity contribution >= 4 is 11.6 Å². The van der Waals surface area contributed by atoms with Gasteiger partial charge in [0, 0.05) is 23.9 Å². The van der Waals surface area contributed by atoms with E-state index in [2.05, 4.69) is 10.3 Å². The lowest BCUT2D eigenvalue weighted by atomic mass is 10.1. The number of methoxy groups -OCH3 is 1. The number of benzene rings is 2. The second kappa shape index (κ2) is 10.8. The summed E-state index contributed by atoms with van der Waals surface area (Å²) in [6.07, 6.45) is 0.932. The molecular formula is C26H30N2O4. The predicted octanol–water partition coefficient (Wildman–Crippen LogP) is 5.80. The van der Waals surface area contributed by atoms with Crippen molar-refractivity contribution < 1.29 is 19.0 Å². The Morgan fingerprint density at radius 1 is 0.969 bits per heavy atom. The molecule has 0 radical (unpaired) electrons. The van der Waals surface area contributed by atoms with Crippen LogP contribution in [0, 0.1) is 6.92 Å². The summed E-state index contributed by atoms with van der Waals surface area (Å²) in [5, 5.41) is 2.93. The van der Waals surface area contributed by atoms with Crippen LogP contribution in [-0.2, 0) is 11.2 Å². The first-order valence-electron chi connectivity index (χ1n) is 10.7. The molecule has 1 unspecified atom stereocenters. The van der Waals surface area contributed by atoms with Crippen LogP contribution >= 0.6 is 0 Å². The average molecular weight is 435 g/mol. The smallest absolute Gasteiger partial charge is 0.257 e. The highest BCUT2D eigenvalue weighted by atomic mass is 16.5. The van der Waals surface area contributed by atoms with Gasteiger partial charge in [0.25, 0.3) is 5.91 Å². The second-order valence-electron chi connectivity index (χ2n) is 7.89. The molecule has 0 aliphatic rings. The highest BCUT2D eigenvalue weighted by molar-refractivity contribution is 6.05. The summed E-state index contributed by atoms with van der Waals surface area (Å²) in [5.74, 6) is 1.85. The summed E-state index contributed by atoms with van der Waals surface area (Å²) in [7, 11) is 1.62. The Hall–Kier alpha value is -3.38. The number of rotatable bonds is 9. The molecular weight excluding hydrogens is 404 g/mol. The third-order valence-electron chi connectivity index (χ3n) is 4.78. The minimum Gasteiger partial charge on any atom is -0.497 e. The van der Waals surface area contributed by atoms with E-state index in [0.717, 1.165) is 11.4 Å². The minimum atomic E-state index is -0.213. The van der Waals surface area contributed by atoms with Crippen molar-refractivity contribution in [1.82, 2.24) is 4.98 Å². The molecule has 6 heteroatoms. The fraction of sp³-hybridized carbons (Fsp3) is 0.308. The highest BCUT2D eigenvalue weighted by Gasteiger charge is 2.14. The summed E-state index contributed by atoms with van der Waals surface area (Å²) in [4.78, 5) is 17.4. The number of aromatic nitrogens is 1. The van der Waals surface area contributed by atoms with E-state index < -0.39 is 0 Å². The van der Waals surface area contributed by atoms with Gasteiger partial charge in [-0.15, -0.1) is 0 Å². The minimum absolute atomic E-state index is 0.0648. The number of carbonyl (C=O) groups is 1. The Kier molecular flexibility index (Phi) is 7.84. The van der Waals surface area contributed by atoms with Gasteiger partial charge in [-0.25, -0.2) is 0 Å². The van der Waals surface area contributed by atoms with Crippen LogP contribution < -0.4 is 14.8 Å². The van der Waals surface area contributed by atoms with E-state index in [-0.39, 0.29) is 18.1 Å². The summed E-state index contributed by atoms with van der Waals surface area (Å²) in [5.41, 5.74) is 2.76. The van der Waals surface area contributed by atoms with Gasteiger partial charge in [0.05, 0.1) is 30.6 Å². The molecule has 1 atom stereocenters. The molecule has 1 amide bonds. The molecule has 32 heavy (non-hydrogen) atoms. The molecule has 0 bridgehead atoms. The van der Waals surface area contributed by atoms with E-state index in [4.69, 9.17) is 14.2 Å². The first-order valence-corrected chi connectivity index (χ1v) is 10.7. The van der Waals surface area contributed by atoms with Crippen molar-refractivity contribution in [2.45, 2.75) is 46.3 Å². The standard InChI is InChI=1S/C26H30N2O4/c1-17(2)31-18(3)15-21-9-14-25(19(4)27-21)26(29)28-20-7-6-8-24(16-20)32-23-12-10-22(30-5)11-13-23/h6-14,16-18H,15H2,1-5H3,(H,28,29). The van der Waals surface area contributed by atoms with E-state index >= 15 is 0 Å². The number of carbonyl (C=O) groups excluding carboxylic acids is 1. The highest BCUT2D eigenvalue weighted by Crippen LogP contribution is 2.26. The zero-order chi connectivity index (χ0) is 23.1. The van der Waals surface area contributed by atoms with Crippen LogP contribution in [0.3, 0.4) is 0 Å². The van der Waals surface area contributed by atoms with Crippen LogP contribution in [0.4, 0.5) is 5.69 Å². The Balaban J connectivity index is 1.65. The molecule has 2 aromatic carbocycles. The molecule has 0 fully saturated rings. The molecule has 1 aromatic heterocycles. The fourth-order valence-electron chi connectivity index (χ4n) is 3.39. The number of anilines is 1. The fourth-order valence-corrected chi connectivity index (χ4v) is 3.39. The van der Waals surface area contributed by atoms with E-state index in [1.165, 1.54) is 0 Å². The molecule has 168 valence electrons. The van der Waals surface area contributed by atoms with Gasteiger partial charge in [0.15, 0.2) is 0 Å². The summed E-state index contributed by atoms with van der Waals surface area (Å²) < 4.78 is 16.8. The van der Waals surface area contributed by atoms with Crippen molar-refractivity contribution in [1.29, 1.82) is 0 Å². The molecule has 0 spiro atoms. The maximum Gasteiger partial charge on any atom is 0.257 e. The largest absolute Gasteiger partial charge is 0.497 e. The first kappa shape index (κ1) is 23.3. The van der Waals surface area contributed by atoms with Gasteiger partial charge in [-0.2, -0.15) is 0 Å². The molecule has 0 aliphatic heterocycles. The molecule has 0 saturated carbocycles. The van der Waals surface area contributed by atoms with Gasteiger partial charge in [0.2, 0.25) is 0 Å². The molecule has 3 rings (SSSR count). The number of aryl methyl sites for hydroxylation is 1. The van der Waals surface area contributed by atoms with Crippen molar-refractivity contribution in [2.24, 2.45) is 0 Å². The lowest BCUT2D eigenvalue weighted by Gasteiger charge is -2.16. The molecule has 0 saturated heterocycles.